The Morgan fingerprint density at radius 3 is 2.45 bits per heavy atom. The molecule has 158 valence electrons. The van der Waals surface area contributed by atoms with Crippen molar-refractivity contribution in [1.82, 2.24) is 19.9 Å². The maximum absolute atomic E-state index is 13.2. The zero-order valence-corrected chi connectivity index (χ0v) is 18.2. The van der Waals surface area contributed by atoms with Gasteiger partial charge >= 0.3 is 0 Å². The first-order valence-corrected chi connectivity index (χ1v) is 10.2. The van der Waals surface area contributed by atoms with Crippen molar-refractivity contribution in [3.05, 3.63) is 83.7 Å². The van der Waals surface area contributed by atoms with Crippen LogP contribution in [0.5, 0.6) is 5.75 Å². The van der Waals surface area contributed by atoms with Crippen LogP contribution >= 0.6 is 0 Å². The van der Waals surface area contributed by atoms with Gasteiger partial charge in [0.2, 0.25) is 0 Å². The lowest BCUT2D eigenvalue weighted by molar-refractivity contribution is 0.0943. The molecule has 4 aromatic rings. The molecule has 0 atom stereocenters. The highest BCUT2D eigenvalue weighted by Crippen LogP contribution is 2.30. The van der Waals surface area contributed by atoms with Gasteiger partial charge in [0.05, 0.1) is 18.5 Å². The second-order valence-electron chi connectivity index (χ2n) is 8.44. The minimum Gasteiger partial charge on any atom is -0.496 e. The van der Waals surface area contributed by atoms with Crippen LogP contribution in [-0.2, 0) is 12.0 Å². The molecule has 1 N–H and O–H groups in total. The molecule has 0 spiro atoms. The average Bonchev–Trinajstić information content (AvgIpc) is 3.22. The first kappa shape index (κ1) is 20.6. The number of nitrogens with one attached hydrogen (secondary N) is 1. The minimum atomic E-state index is -0.212. The molecule has 2 heterocycles. The molecule has 31 heavy (non-hydrogen) atoms. The topological polar surface area (TPSA) is 68.5 Å². The van der Waals surface area contributed by atoms with Gasteiger partial charge < -0.3 is 10.1 Å². The Bertz CT molecular complexity index is 1220. The molecule has 0 fully saturated rings. The van der Waals surface area contributed by atoms with Crippen molar-refractivity contribution in [2.75, 3.05) is 7.11 Å². The molecule has 0 aliphatic heterocycles. The Morgan fingerprint density at radius 1 is 1.03 bits per heavy atom. The van der Waals surface area contributed by atoms with Crippen molar-refractivity contribution in [2.45, 2.75) is 32.7 Å². The van der Waals surface area contributed by atoms with E-state index in [4.69, 9.17) is 14.8 Å². The number of carbonyl (C=O) groups excluding carboxylic acids is 1. The lowest BCUT2D eigenvalue weighted by atomic mass is 9.93. The van der Waals surface area contributed by atoms with Gasteiger partial charge in [0.1, 0.15) is 11.4 Å². The molecule has 2 aromatic heterocycles. The number of hydrogen-bond donors (Lipinski definition) is 1. The van der Waals surface area contributed by atoms with Crippen LogP contribution in [0.2, 0.25) is 0 Å². The summed E-state index contributed by atoms with van der Waals surface area (Å²) in [6.07, 6.45) is 0. The predicted molar refractivity (Wildman–Crippen MR) is 121 cm³/mol. The van der Waals surface area contributed by atoms with E-state index in [0.717, 1.165) is 16.8 Å². The third-order valence-electron chi connectivity index (χ3n) is 5.11. The molecule has 1 amide bonds. The maximum atomic E-state index is 13.2. The fraction of sp³-hybridized carbons (Fsp3) is 0.240. The molecule has 0 unspecified atom stereocenters. The molecule has 6 heteroatoms. The molecule has 0 aliphatic carbocycles. The van der Waals surface area contributed by atoms with Crippen molar-refractivity contribution in [1.29, 1.82) is 0 Å². The Labute approximate surface area is 181 Å². The van der Waals surface area contributed by atoms with Crippen LogP contribution in [0, 0.1) is 0 Å². The van der Waals surface area contributed by atoms with E-state index in [1.807, 2.05) is 60.7 Å². The smallest absolute Gasteiger partial charge is 0.270 e. The summed E-state index contributed by atoms with van der Waals surface area (Å²) in [6, 6.07) is 21.2. The van der Waals surface area contributed by atoms with Gasteiger partial charge in [0.15, 0.2) is 5.65 Å². The fourth-order valence-corrected chi connectivity index (χ4v) is 3.37. The number of para-hydroxylation sites is 1. The van der Waals surface area contributed by atoms with Gasteiger partial charge in [-0.05, 0) is 23.8 Å². The van der Waals surface area contributed by atoms with Crippen LogP contribution in [0.1, 0.15) is 42.5 Å². The fourth-order valence-electron chi connectivity index (χ4n) is 3.37. The van der Waals surface area contributed by atoms with Crippen molar-refractivity contribution < 1.29 is 9.53 Å². The molecular weight excluding hydrogens is 388 g/mol. The first-order chi connectivity index (χ1) is 14.9. The highest BCUT2D eigenvalue weighted by Gasteiger charge is 2.22. The second-order valence-corrected chi connectivity index (χ2v) is 8.44. The van der Waals surface area contributed by atoms with E-state index in [9.17, 15) is 4.79 Å². The van der Waals surface area contributed by atoms with Crippen molar-refractivity contribution in [3.8, 4) is 17.0 Å². The van der Waals surface area contributed by atoms with E-state index in [1.54, 1.807) is 17.7 Å². The molecule has 4 rings (SSSR count). The lowest BCUT2D eigenvalue weighted by Crippen LogP contribution is -2.26. The van der Waals surface area contributed by atoms with Gasteiger partial charge in [-0.2, -0.15) is 5.10 Å². The third-order valence-corrected chi connectivity index (χ3v) is 5.11. The quantitative estimate of drug-likeness (QED) is 0.517. The van der Waals surface area contributed by atoms with Gasteiger partial charge in [0.25, 0.3) is 5.91 Å². The van der Waals surface area contributed by atoms with E-state index in [-0.39, 0.29) is 11.3 Å². The summed E-state index contributed by atoms with van der Waals surface area (Å²) in [7, 11) is 1.63. The molecular formula is C25H26N4O2. The lowest BCUT2D eigenvalue weighted by Gasteiger charge is -2.14. The summed E-state index contributed by atoms with van der Waals surface area (Å²) in [5.41, 5.74) is 4.26. The average molecular weight is 415 g/mol. The van der Waals surface area contributed by atoms with Crippen LogP contribution in [0.3, 0.4) is 0 Å². The van der Waals surface area contributed by atoms with E-state index < -0.39 is 0 Å². The van der Waals surface area contributed by atoms with Gasteiger partial charge in [-0.15, -0.1) is 0 Å². The van der Waals surface area contributed by atoms with Gasteiger partial charge in [-0.25, -0.2) is 9.50 Å². The Hall–Kier alpha value is -3.67. The number of rotatable bonds is 5. The largest absolute Gasteiger partial charge is 0.496 e. The highest BCUT2D eigenvalue weighted by atomic mass is 16.5. The molecule has 6 nitrogen and oxygen atoms in total. The Balaban J connectivity index is 1.81. The van der Waals surface area contributed by atoms with Crippen LogP contribution in [0.15, 0.2) is 66.7 Å². The molecule has 0 saturated heterocycles. The first-order valence-electron chi connectivity index (χ1n) is 10.2. The monoisotopic (exact) mass is 414 g/mol. The van der Waals surface area contributed by atoms with Crippen LogP contribution in [0.4, 0.5) is 0 Å². The maximum Gasteiger partial charge on any atom is 0.270 e. The van der Waals surface area contributed by atoms with E-state index in [2.05, 4.69) is 26.1 Å². The molecule has 0 aliphatic rings. The Morgan fingerprint density at radius 2 is 1.74 bits per heavy atom. The summed E-state index contributed by atoms with van der Waals surface area (Å²) in [5, 5.41) is 7.70. The standard InChI is InChI=1S/C25H26N4O2/c1-25(2,3)22-15-23-27-19(18-12-8-9-13-21(18)31-4)14-20(29(23)28-22)24(30)26-16-17-10-6-5-7-11-17/h5-15H,16H2,1-4H3,(H,26,30). The number of ether oxygens (including phenoxy) is 1. The SMILES string of the molecule is COc1ccccc1-c1cc(C(=O)NCc2ccccc2)n2nc(C(C)(C)C)cc2n1. The minimum absolute atomic E-state index is 0.171. The number of aromatic nitrogens is 3. The summed E-state index contributed by atoms with van der Waals surface area (Å²) >= 11 is 0. The summed E-state index contributed by atoms with van der Waals surface area (Å²) in [4.78, 5) is 18.0. The highest BCUT2D eigenvalue weighted by molar-refractivity contribution is 5.94. The number of benzene rings is 2. The number of hydrogen-bond acceptors (Lipinski definition) is 4. The molecule has 0 saturated carbocycles. The number of methoxy groups -OCH3 is 1. The molecule has 0 bridgehead atoms. The molecule has 2 aromatic carbocycles. The van der Waals surface area contributed by atoms with Crippen LogP contribution in [-0.4, -0.2) is 27.6 Å². The van der Waals surface area contributed by atoms with E-state index >= 15 is 0 Å². The van der Waals surface area contributed by atoms with Crippen molar-refractivity contribution in [2.24, 2.45) is 0 Å². The number of fused-ring (bicyclic) bond motifs is 1. The molecule has 0 radical (unpaired) electrons. The third kappa shape index (κ3) is 4.28. The zero-order chi connectivity index (χ0) is 22.0. The summed E-state index contributed by atoms with van der Waals surface area (Å²) in [6.45, 7) is 6.70. The Kier molecular flexibility index (Phi) is 5.46. The summed E-state index contributed by atoms with van der Waals surface area (Å²) < 4.78 is 7.14. The van der Waals surface area contributed by atoms with Crippen LogP contribution < -0.4 is 10.1 Å². The zero-order valence-electron chi connectivity index (χ0n) is 18.2. The van der Waals surface area contributed by atoms with E-state index in [0.29, 0.717) is 29.3 Å². The van der Waals surface area contributed by atoms with Crippen molar-refractivity contribution in [3.63, 3.8) is 0 Å². The number of amides is 1. The summed E-state index contributed by atoms with van der Waals surface area (Å²) in [5.74, 6) is 0.488. The van der Waals surface area contributed by atoms with Gasteiger partial charge in [-0.3, -0.25) is 4.79 Å². The van der Waals surface area contributed by atoms with Crippen molar-refractivity contribution >= 4 is 11.6 Å². The number of carbonyl (C=O) groups is 1. The number of nitrogens with zero attached hydrogens (tertiary/aromatic N) is 3. The van der Waals surface area contributed by atoms with E-state index in [1.165, 1.54) is 0 Å². The van der Waals surface area contributed by atoms with Gasteiger partial charge in [-0.1, -0.05) is 63.2 Å². The second kappa shape index (κ2) is 8.22. The predicted octanol–water partition coefficient (Wildman–Crippen LogP) is 4.63. The normalized spacial score (nSPS) is 11.5. The van der Waals surface area contributed by atoms with Crippen LogP contribution in [0.25, 0.3) is 16.9 Å². The van der Waals surface area contributed by atoms with Gasteiger partial charge in [0, 0.05) is 23.6 Å².